The van der Waals surface area contributed by atoms with E-state index in [0.717, 1.165) is 0 Å². The van der Waals surface area contributed by atoms with Crippen LogP contribution >= 0.6 is 0 Å². The second kappa shape index (κ2) is 4.14. The van der Waals surface area contributed by atoms with Crippen LogP contribution in [0.2, 0.25) is 0 Å². The summed E-state index contributed by atoms with van der Waals surface area (Å²) in [4.78, 5) is 19.4. The van der Waals surface area contributed by atoms with Gasteiger partial charge >= 0.3 is 0 Å². The molecule has 0 spiro atoms. The highest BCUT2D eigenvalue weighted by Gasteiger charge is 2.25. The normalized spacial score (nSPS) is 15.7. The Morgan fingerprint density at radius 2 is 2.40 bits per heavy atom. The van der Waals surface area contributed by atoms with Gasteiger partial charge in [0, 0.05) is 19.5 Å². The zero-order valence-corrected chi connectivity index (χ0v) is 8.25. The number of hydrogen-bond donors (Lipinski definition) is 0. The Hall–Kier alpha value is -1.82. The number of nitrogens with zero attached hydrogens (tertiary/aromatic N) is 4. The average Bonchev–Trinajstić information content (AvgIpc) is 2.61. The maximum Gasteiger partial charge on any atom is 0.254 e. The molecule has 1 amide bonds. The van der Waals surface area contributed by atoms with Crippen LogP contribution in [0.3, 0.4) is 0 Å². The first-order chi connectivity index (χ1) is 7.31. The Morgan fingerprint density at radius 3 is 3.07 bits per heavy atom. The first-order valence-electron chi connectivity index (χ1n) is 4.45. The molecule has 1 aliphatic heterocycles. The first kappa shape index (κ1) is 9.72. The number of rotatable bonds is 3. The summed E-state index contributed by atoms with van der Waals surface area (Å²) >= 11 is 0. The molecule has 0 saturated heterocycles. The fraction of sp³-hybridized carbons (Fsp3) is 0.333. The summed E-state index contributed by atoms with van der Waals surface area (Å²) in [5.41, 5.74) is 0.702. The summed E-state index contributed by atoms with van der Waals surface area (Å²) in [6.45, 7) is 0.364. The number of anilines is 1. The van der Waals surface area contributed by atoms with E-state index in [0.29, 0.717) is 18.1 Å². The zero-order valence-electron chi connectivity index (χ0n) is 8.25. The monoisotopic (exact) mass is 206 g/mol. The third kappa shape index (κ3) is 1.99. The molecule has 0 atom stereocenters. The van der Waals surface area contributed by atoms with Gasteiger partial charge in [0.1, 0.15) is 0 Å². The number of hydrazone groups is 1. The third-order valence-corrected chi connectivity index (χ3v) is 1.91. The van der Waals surface area contributed by atoms with Crippen LogP contribution in [-0.4, -0.2) is 35.3 Å². The van der Waals surface area contributed by atoms with Gasteiger partial charge in [0.15, 0.2) is 5.82 Å². The Kier molecular flexibility index (Phi) is 2.68. The molecule has 15 heavy (non-hydrogen) atoms. The summed E-state index contributed by atoms with van der Waals surface area (Å²) in [5, 5.41) is 5.35. The molecule has 2 rings (SSSR count). The molecule has 0 bridgehead atoms. The molecule has 0 saturated carbocycles. The Labute approximate surface area is 86.6 Å². The fourth-order valence-electron chi connectivity index (χ4n) is 1.31. The number of aromatic nitrogens is 2. The number of ether oxygens (including phenoxy) is 1. The predicted octanol–water partition coefficient (Wildman–Crippen LogP) is 0.216. The van der Waals surface area contributed by atoms with Crippen molar-refractivity contribution in [3.05, 3.63) is 18.6 Å². The van der Waals surface area contributed by atoms with Crippen molar-refractivity contribution >= 4 is 17.4 Å². The van der Waals surface area contributed by atoms with Crippen LogP contribution in [0, 0.1) is 0 Å². The van der Waals surface area contributed by atoms with Gasteiger partial charge in [0.05, 0.1) is 24.9 Å². The van der Waals surface area contributed by atoms with Crippen molar-refractivity contribution in [2.45, 2.75) is 6.42 Å². The lowest BCUT2D eigenvalue weighted by molar-refractivity contribution is -0.117. The minimum atomic E-state index is -0.109. The molecule has 0 radical (unpaired) electrons. The summed E-state index contributed by atoms with van der Waals surface area (Å²) in [5.74, 6) is 0.330. The van der Waals surface area contributed by atoms with Crippen LogP contribution in [0.5, 0.6) is 0 Å². The van der Waals surface area contributed by atoms with Crippen LogP contribution in [0.1, 0.15) is 6.42 Å². The molecule has 0 aromatic carbocycles. The van der Waals surface area contributed by atoms with E-state index in [2.05, 4.69) is 15.1 Å². The number of carbonyl (C=O) groups is 1. The maximum atomic E-state index is 11.5. The van der Waals surface area contributed by atoms with E-state index in [1.165, 1.54) is 17.4 Å². The van der Waals surface area contributed by atoms with E-state index >= 15 is 0 Å². The molecule has 78 valence electrons. The standard InChI is InChI=1S/C9H10N4O2/c1-15-6-7-4-9(14)13(12-7)8-5-10-2-3-11-8/h2-3,5H,4,6H2,1H3. The highest BCUT2D eigenvalue weighted by molar-refractivity contribution is 6.13. The summed E-state index contributed by atoms with van der Waals surface area (Å²) in [6, 6.07) is 0. The number of carbonyl (C=O) groups excluding carboxylic acids is 1. The molecule has 2 heterocycles. The van der Waals surface area contributed by atoms with Gasteiger partial charge in [0.2, 0.25) is 0 Å². The van der Waals surface area contributed by atoms with E-state index in [9.17, 15) is 4.79 Å². The SMILES string of the molecule is COCC1=NN(c2cnccn2)C(=O)C1. The van der Waals surface area contributed by atoms with E-state index in [-0.39, 0.29) is 12.3 Å². The minimum Gasteiger partial charge on any atom is -0.379 e. The van der Waals surface area contributed by atoms with E-state index in [4.69, 9.17) is 4.74 Å². The van der Waals surface area contributed by atoms with E-state index in [1.54, 1.807) is 13.3 Å². The summed E-state index contributed by atoms with van der Waals surface area (Å²) in [6.07, 6.45) is 4.85. The van der Waals surface area contributed by atoms with Gasteiger partial charge in [0.25, 0.3) is 5.91 Å². The Morgan fingerprint density at radius 1 is 1.53 bits per heavy atom. The fourth-order valence-corrected chi connectivity index (χ4v) is 1.31. The molecule has 1 aliphatic rings. The predicted molar refractivity (Wildman–Crippen MR) is 53.4 cm³/mol. The van der Waals surface area contributed by atoms with Crippen LogP contribution in [-0.2, 0) is 9.53 Å². The second-order valence-electron chi connectivity index (χ2n) is 3.05. The summed E-state index contributed by atoms with van der Waals surface area (Å²) < 4.78 is 4.91. The van der Waals surface area contributed by atoms with Gasteiger partial charge in [-0.3, -0.25) is 9.78 Å². The highest BCUT2D eigenvalue weighted by Crippen LogP contribution is 2.16. The van der Waals surface area contributed by atoms with Gasteiger partial charge in [-0.15, -0.1) is 0 Å². The van der Waals surface area contributed by atoms with Gasteiger partial charge in [-0.2, -0.15) is 10.1 Å². The zero-order chi connectivity index (χ0) is 10.7. The van der Waals surface area contributed by atoms with Gasteiger partial charge in [-0.05, 0) is 0 Å². The molecule has 0 unspecified atom stereocenters. The molecule has 1 aromatic rings. The van der Waals surface area contributed by atoms with Crippen LogP contribution in [0.4, 0.5) is 5.82 Å². The molecule has 0 N–H and O–H groups in total. The molecule has 0 aliphatic carbocycles. The van der Waals surface area contributed by atoms with Gasteiger partial charge < -0.3 is 4.74 Å². The minimum absolute atomic E-state index is 0.109. The van der Waals surface area contributed by atoms with Crippen molar-refractivity contribution in [2.24, 2.45) is 5.10 Å². The Balaban J connectivity index is 2.20. The number of amides is 1. The van der Waals surface area contributed by atoms with Gasteiger partial charge in [-0.1, -0.05) is 0 Å². The van der Waals surface area contributed by atoms with Crippen molar-refractivity contribution in [3.63, 3.8) is 0 Å². The molecule has 6 nitrogen and oxygen atoms in total. The van der Waals surface area contributed by atoms with Crippen molar-refractivity contribution in [2.75, 3.05) is 18.7 Å². The maximum absolute atomic E-state index is 11.5. The van der Waals surface area contributed by atoms with Crippen LogP contribution in [0.15, 0.2) is 23.7 Å². The van der Waals surface area contributed by atoms with E-state index in [1.807, 2.05) is 0 Å². The summed E-state index contributed by atoms with van der Waals surface area (Å²) in [7, 11) is 1.57. The lowest BCUT2D eigenvalue weighted by Gasteiger charge is -2.08. The lowest BCUT2D eigenvalue weighted by Crippen LogP contribution is -2.20. The van der Waals surface area contributed by atoms with Crippen molar-refractivity contribution in [3.8, 4) is 0 Å². The second-order valence-corrected chi connectivity index (χ2v) is 3.05. The lowest BCUT2D eigenvalue weighted by atomic mass is 10.3. The molecular weight excluding hydrogens is 196 g/mol. The Bertz CT molecular complexity index is 390. The quantitative estimate of drug-likeness (QED) is 0.709. The van der Waals surface area contributed by atoms with E-state index < -0.39 is 0 Å². The van der Waals surface area contributed by atoms with Crippen LogP contribution in [0.25, 0.3) is 0 Å². The molecule has 6 heteroatoms. The highest BCUT2D eigenvalue weighted by atomic mass is 16.5. The van der Waals surface area contributed by atoms with Crippen molar-refractivity contribution in [1.82, 2.24) is 9.97 Å². The molecule has 1 aromatic heterocycles. The average molecular weight is 206 g/mol. The molecule has 0 fully saturated rings. The topological polar surface area (TPSA) is 67.7 Å². The first-order valence-corrected chi connectivity index (χ1v) is 4.45. The number of methoxy groups -OCH3 is 1. The largest absolute Gasteiger partial charge is 0.379 e. The van der Waals surface area contributed by atoms with Gasteiger partial charge in [-0.25, -0.2) is 4.98 Å². The number of hydrogen-bond acceptors (Lipinski definition) is 5. The third-order valence-electron chi connectivity index (χ3n) is 1.91. The van der Waals surface area contributed by atoms with Crippen molar-refractivity contribution < 1.29 is 9.53 Å². The van der Waals surface area contributed by atoms with Crippen LogP contribution < -0.4 is 5.01 Å². The smallest absolute Gasteiger partial charge is 0.254 e. The van der Waals surface area contributed by atoms with Crippen molar-refractivity contribution in [1.29, 1.82) is 0 Å². The molecular formula is C9H10N4O2.